The van der Waals surface area contributed by atoms with E-state index < -0.39 is 0 Å². The first-order valence-corrected chi connectivity index (χ1v) is 7.69. The molecule has 2 aromatic carbocycles. The summed E-state index contributed by atoms with van der Waals surface area (Å²) < 4.78 is 1.79. The number of nitrogens with zero attached hydrogens (tertiary/aromatic N) is 4. The van der Waals surface area contributed by atoms with Crippen LogP contribution >= 0.6 is 11.3 Å². The van der Waals surface area contributed by atoms with E-state index >= 15 is 0 Å². The van der Waals surface area contributed by atoms with Crippen LogP contribution in [0.5, 0.6) is 0 Å². The molecule has 0 saturated carbocycles. The Labute approximate surface area is 131 Å². The monoisotopic (exact) mass is 307 g/mol. The third-order valence-electron chi connectivity index (χ3n) is 3.57. The van der Waals surface area contributed by atoms with Gasteiger partial charge in [-0.05, 0) is 24.6 Å². The maximum Gasteiger partial charge on any atom is 0.235 e. The number of para-hydroxylation sites is 1. The zero-order valence-electron chi connectivity index (χ0n) is 11.9. The predicted molar refractivity (Wildman–Crippen MR) is 88.7 cm³/mol. The van der Waals surface area contributed by atoms with E-state index in [1.54, 1.807) is 4.52 Å². The van der Waals surface area contributed by atoms with E-state index in [0.717, 1.165) is 32.5 Å². The summed E-state index contributed by atoms with van der Waals surface area (Å²) in [6, 6.07) is 15.8. The lowest BCUT2D eigenvalue weighted by atomic mass is 10.1. The standard InChI is InChI=1S/C16H13N5S/c1-10-6-2-3-7-11(10)14-18-19-16-21(14)20-15(22-16)12-8-4-5-9-13(12)17/h2-9H,17H2,1H3. The van der Waals surface area contributed by atoms with Crippen LogP contribution < -0.4 is 5.73 Å². The molecule has 0 aliphatic rings. The number of benzene rings is 2. The summed E-state index contributed by atoms with van der Waals surface area (Å²) in [4.78, 5) is 0.761. The van der Waals surface area contributed by atoms with E-state index in [1.165, 1.54) is 11.3 Å². The Morgan fingerprint density at radius 3 is 2.45 bits per heavy atom. The van der Waals surface area contributed by atoms with Crippen LogP contribution in [-0.4, -0.2) is 19.8 Å². The third kappa shape index (κ3) is 1.96. The Hall–Kier alpha value is -2.73. The van der Waals surface area contributed by atoms with E-state index in [0.29, 0.717) is 5.69 Å². The molecule has 22 heavy (non-hydrogen) atoms. The average molecular weight is 307 g/mol. The molecule has 0 amide bonds. The maximum absolute atomic E-state index is 6.04. The molecule has 0 unspecified atom stereocenters. The Morgan fingerprint density at radius 2 is 1.68 bits per heavy atom. The Balaban J connectivity index is 1.91. The van der Waals surface area contributed by atoms with Crippen molar-refractivity contribution in [3.05, 3.63) is 54.1 Å². The van der Waals surface area contributed by atoms with Crippen molar-refractivity contribution in [3.8, 4) is 22.0 Å². The zero-order valence-corrected chi connectivity index (χ0v) is 12.7. The topological polar surface area (TPSA) is 69.1 Å². The van der Waals surface area contributed by atoms with Gasteiger partial charge in [0, 0.05) is 16.8 Å². The van der Waals surface area contributed by atoms with Gasteiger partial charge >= 0.3 is 0 Å². The number of rotatable bonds is 2. The van der Waals surface area contributed by atoms with Crippen molar-refractivity contribution in [2.75, 3.05) is 5.73 Å². The molecular formula is C16H13N5S. The molecule has 4 aromatic rings. The van der Waals surface area contributed by atoms with Gasteiger partial charge in [-0.25, -0.2) is 0 Å². The minimum atomic E-state index is 0.713. The molecule has 5 nitrogen and oxygen atoms in total. The molecule has 0 fully saturated rings. The number of hydrogen-bond acceptors (Lipinski definition) is 5. The second-order valence-electron chi connectivity index (χ2n) is 5.03. The lowest BCUT2D eigenvalue weighted by molar-refractivity contribution is 0.969. The quantitative estimate of drug-likeness (QED) is 0.576. The van der Waals surface area contributed by atoms with Gasteiger partial charge in [0.25, 0.3) is 0 Å². The number of anilines is 1. The Bertz CT molecular complexity index is 970. The van der Waals surface area contributed by atoms with E-state index in [4.69, 9.17) is 5.73 Å². The normalized spacial score (nSPS) is 11.1. The molecular weight excluding hydrogens is 294 g/mol. The summed E-state index contributed by atoms with van der Waals surface area (Å²) in [5.41, 5.74) is 9.85. The number of nitrogen functional groups attached to an aromatic ring is 1. The molecule has 0 radical (unpaired) electrons. The summed E-state index contributed by atoms with van der Waals surface area (Å²) in [5.74, 6) is 0.755. The summed E-state index contributed by atoms with van der Waals surface area (Å²) >= 11 is 1.48. The van der Waals surface area contributed by atoms with E-state index in [-0.39, 0.29) is 0 Å². The van der Waals surface area contributed by atoms with Gasteiger partial charge in [-0.2, -0.15) is 9.61 Å². The van der Waals surface area contributed by atoms with Gasteiger partial charge in [-0.15, -0.1) is 10.2 Å². The third-order valence-corrected chi connectivity index (χ3v) is 4.50. The van der Waals surface area contributed by atoms with E-state index in [1.807, 2.05) is 42.5 Å². The fourth-order valence-corrected chi connectivity index (χ4v) is 3.30. The summed E-state index contributed by atoms with van der Waals surface area (Å²) in [6.45, 7) is 2.05. The molecule has 0 saturated heterocycles. The molecule has 2 heterocycles. The van der Waals surface area contributed by atoms with E-state index in [2.05, 4.69) is 28.3 Å². The van der Waals surface area contributed by atoms with Crippen LogP contribution in [-0.2, 0) is 0 Å². The molecule has 0 bridgehead atoms. The Kier molecular flexibility index (Phi) is 2.90. The number of aromatic nitrogens is 4. The first-order valence-electron chi connectivity index (χ1n) is 6.87. The van der Waals surface area contributed by atoms with Gasteiger partial charge in [0.05, 0.1) is 0 Å². The Morgan fingerprint density at radius 1 is 0.955 bits per heavy atom. The van der Waals surface area contributed by atoms with Crippen molar-refractivity contribution in [1.29, 1.82) is 0 Å². The molecule has 4 rings (SSSR count). The SMILES string of the molecule is Cc1ccccc1-c1nnc2sc(-c3ccccc3N)nn12. The molecule has 0 spiro atoms. The second-order valence-corrected chi connectivity index (χ2v) is 5.98. The van der Waals surface area contributed by atoms with Gasteiger partial charge < -0.3 is 5.73 Å². The predicted octanol–water partition coefficient (Wildman–Crippen LogP) is 3.41. The van der Waals surface area contributed by atoms with Crippen LogP contribution in [0.3, 0.4) is 0 Å². The summed E-state index contributed by atoms with van der Waals surface area (Å²) in [7, 11) is 0. The van der Waals surface area contributed by atoms with Crippen LogP contribution in [0, 0.1) is 6.92 Å². The van der Waals surface area contributed by atoms with Crippen molar-refractivity contribution in [1.82, 2.24) is 19.8 Å². The number of hydrogen-bond donors (Lipinski definition) is 1. The van der Waals surface area contributed by atoms with Crippen LogP contribution in [0.15, 0.2) is 48.5 Å². The van der Waals surface area contributed by atoms with Crippen molar-refractivity contribution in [2.45, 2.75) is 6.92 Å². The van der Waals surface area contributed by atoms with E-state index in [9.17, 15) is 0 Å². The second kappa shape index (κ2) is 4.92. The lowest BCUT2D eigenvalue weighted by Gasteiger charge is -2.02. The van der Waals surface area contributed by atoms with Crippen molar-refractivity contribution in [3.63, 3.8) is 0 Å². The van der Waals surface area contributed by atoms with Gasteiger partial charge in [0.1, 0.15) is 5.01 Å². The highest BCUT2D eigenvalue weighted by molar-refractivity contribution is 7.19. The highest BCUT2D eigenvalue weighted by Crippen LogP contribution is 2.31. The summed E-state index contributed by atoms with van der Waals surface area (Å²) in [5, 5.41) is 14.0. The molecule has 6 heteroatoms. The molecule has 2 N–H and O–H groups in total. The molecule has 0 atom stereocenters. The van der Waals surface area contributed by atoms with Crippen LogP contribution in [0.1, 0.15) is 5.56 Å². The average Bonchev–Trinajstić information content (AvgIpc) is 3.09. The summed E-state index contributed by atoms with van der Waals surface area (Å²) in [6.07, 6.45) is 0. The number of fused-ring (bicyclic) bond motifs is 1. The molecule has 2 aromatic heterocycles. The molecule has 108 valence electrons. The van der Waals surface area contributed by atoms with Crippen molar-refractivity contribution >= 4 is 22.0 Å². The van der Waals surface area contributed by atoms with Crippen molar-refractivity contribution in [2.24, 2.45) is 0 Å². The minimum absolute atomic E-state index is 0.713. The van der Waals surface area contributed by atoms with Gasteiger partial charge in [0.15, 0.2) is 5.82 Å². The first kappa shape index (κ1) is 13.0. The van der Waals surface area contributed by atoms with Gasteiger partial charge in [0.2, 0.25) is 4.96 Å². The van der Waals surface area contributed by atoms with Crippen LogP contribution in [0.2, 0.25) is 0 Å². The highest BCUT2D eigenvalue weighted by Gasteiger charge is 2.16. The van der Waals surface area contributed by atoms with Crippen LogP contribution in [0.25, 0.3) is 26.9 Å². The van der Waals surface area contributed by atoms with Gasteiger partial charge in [-0.3, -0.25) is 0 Å². The highest BCUT2D eigenvalue weighted by atomic mass is 32.1. The lowest BCUT2D eigenvalue weighted by Crippen LogP contribution is -1.94. The van der Waals surface area contributed by atoms with Crippen molar-refractivity contribution < 1.29 is 0 Å². The smallest absolute Gasteiger partial charge is 0.235 e. The fourth-order valence-electron chi connectivity index (χ4n) is 2.41. The minimum Gasteiger partial charge on any atom is -0.398 e. The first-order chi connectivity index (χ1) is 10.7. The molecule has 0 aliphatic heterocycles. The van der Waals surface area contributed by atoms with Crippen LogP contribution in [0.4, 0.5) is 5.69 Å². The number of aryl methyl sites for hydroxylation is 1. The largest absolute Gasteiger partial charge is 0.398 e. The van der Waals surface area contributed by atoms with Gasteiger partial charge in [-0.1, -0.05) is 47.7 Å². The zero-order chi connectivity index (χ0) is 15.1. The maximum atomic E-state index is 6.04. The fraction of sp³-hybridized carbons (Fsp3) is 0.0625. The molecule has 0 aliphatic carbocycles. The number of nitrogens with two attached hydrogens (primary N) is 1.